The lowest BCUT2D eigenvalue weighted by Crippen LogP contribution is -2.23. The van der Waals surface area contributed by atoms with E-state index in [9.17, 15) is 9.59 Å². The van der Waals surface area contributed by atoms with Gasteiger partial charge in [0.2, 0.25) is 0 Å². The summed E-state index contributed by atoms with van der Waals surface area (Å²) in [4.78, 5) is 26.2. The monoisotopic (exact) mass is 352 g/mol. The van der Waals surface area contributed by atoms with Crippen molar-refractivity contribution < 1.29 is 19.1 Å². The van der Waals surface area contributed by atoms with Crippen molar-refractivity contribution >= 4 is 11.6 Å². The number of carbonyl (C=O) groups excluding carboxylic acids is 2. The molecular weight excluding hydrogens is 328 g/mol. The molecule has 0 aromatic heterocycles. The van der Waals surface area contributed by atoms with Crippen LogP contribution in [0.15, 0.2) is 36.4 Å². The highest BCUT2D eigenvalue weighted by Gasteiger charge is 2.34. The number of hydrogen-bond donors (Lipinski definition) is 0. The maximum atomic E-state index is 13.1. The maximum Gasteiger partial charge on any atom is 0.198 e. The van der Waals surface area contributed by atoms with E-state index in [1.807, 2.05) is 0 Å². The largest absolute Gasteiger partial charge is 0.493 e. The number of ether oxygens (including phenoxy) is 2. The van der Waals surface area contributed by atoms with Gasteiger partial charge in [0, 0.05) is 11.1 Å². The zero-order valence-corrected chi connectivity index (χ0v) is 15.3. The first-order valence-electron chi connectivity index (χ1n) is 9.30. The maximum absolute atomic E-state index is 13.1. The SMILES string of the molecule is CCCCOc1cccc2c1C(=O)c1cccc(OCCCC)c1C2=O. The van der Waals surface area contributed by atoms with E-state index in [2.05, 4.69) is 13.8 Å². The predicted molar refractivity (Wildman–Crippen MR) is 101 cm³/mol. The van der Waals surface area contributed by atoms with Gasteiger partial charge in [-0.2, -0.15) is 0 Å². The molecule has 0 bridgehead atoms. The number of unbranched alkanes of at least 4 members (excludes halogenated alkanes) is 2. The molecule has 1 aliphatic rings. The zero-order valence-electron chi connectivity index (χ0n) is 15.3. The van der Waals surface area contributed by atoms with Gasteiger partial charge in [-0.25, -0.2) is 0 Å². The Bertz CT molecular complexity index is 753. The summed E-state index contributed by atoms with van der Waals surface area (Å²) < 4.78 is 11.6. The summed E-state index contributed by atoms with van der Waals surface area (Å²) in [6.07, 6.45) is 3.81. The van der Waals surface area contributed by atoms with E-state index in [-0.39, 0.29) is 11.6 Å². The molecule has 3 rings (SSSR count). The summed E-state index contributed by atoms with van der Waals surface area (Å²) in [5, 5.41) is 0. The van der Waals surface area contributed by atoms with Gasteiger partial charge in [0.15, 0.2) is 11.6 Å². The van der Waals surface area contributed by atoms with Crippen molar-refractivity contribution in [1.82, 2.24) is 0 Å². The van der Waals surface area contributed by atoms with Gasteiger partial charge in [-0.15, -0.1) is 0 Å². The second-order valence-electron chi connectivity index (χ2n) is 6.42. The van der Waals surface area contributed by atoms with Crippen LogP contribution in [0.5, 0.6) is 11.5 Å². The van der Waals surface area contributed by atoms with Gasteiger partial charge in [0.05, 0.1) is 24.3 Å². The Labute approximate surface area is 154 Å². The van der Waals surface area contributed by atoms with Gasteiger partial charge in [-0.05, 0) is 25.0 Å². The van der Waals surface area contributed by atoms with Crippen LogP contribution >= 0.6 is 0 Å². The van der Waals surface area contributed by atoms with Crippen molar-refractivity contribution in [3.05, 3.63) is 58.7 Å². The summed E-state index contributed by atoms with van der Waals surface area (Å²) in [5.41, 5.74) is 1.52. The van der Waals surface area contributed by atoms with Crippen LogP contribution in [-0.2, 0) is 0 Å². The highest BCUT2D eigenvalue weighted by molar-refractivity contribution is 6.30. The van der Waals surface area contributed by atoms with Crippen LogP contribution in [0.25, 0.3) is 0 Å². The van der Waals surface area contributed by atoms with Crippen molar-refractivity contribution in [2.45, 2.75) is 39.5 Å². The topological polar surface area (TPSA) is 52.6 Å². The minimum absolute atomic E-state index is 0.178. The van der Waals surface area contributed by atoms with Crippen LogP contribution in [0.3, 0.4) is 0 Å². The van der Waals surface area contributed by atoms with E-state index in [1.54, 1.807) is 36.4 Å². The van der Waals surface area contributed by atoms with Gasteiger partial charge in [0.1, 0.15) is 11.5 Å². The van der Waals surface area contributed by atoms with Gasteiger partial charge in [-0.1, -0.05) is 51.0 Å². The molecule has 0 aliphatic heterocycles. The fourth-order valence-electron chi connectivity index (χ4n) is 3.07. The number of fused-ring (bicyclic) bond motifs is 2. The summed E-state index contributed by atoms with van der Waals surface area (Å²) in [6, 6.07) is 10.4. The van der Waals surface area contributed by atoms with Gasteiger partial charge >= 0.3 is 0 Å². The fourth-order valence-corrected chi connectivity index (χ4v) is 3.07. The van der Waals surface area contributed by atoms with Crippen LogP contribution in [0.4, 0.5) is 0 Å². The minimum atomic E-state index is -0.178. The van der Waals surface area contributed by atoms with Gasteiger partial charge in [-0.3, -0.25) is 9.59 Å². The van der Waals surface area contributed by atoms with Crippen molar-refractivity contribution in [3.63, 3.8) is 0 Å². The molecule has 0 radical (unpaired) electrons. The molecule has 0 saturated carbocycles. The van der Waals surface area contributed by atoms with Crippen LogP contribution < -0.4 is 9.47 Å². The van der Waals surface area contributed by atoms with E-state index >= 15 is 0 Å². The average Bonchev–Trinajstić information content (AvgIpc) is 2.66. The fraction of sp³-hybridized carbons (Fsp3) is 0.364. The molecule has 0 saturated heterocycles. The molecular formula is C22H24O4. The summed E-state index contributed by atoms with van der Waals surface area (Å²) in [5.74, 6) is 0.611. The molecule has 0 spiro atoms. The summed E-state index contributed by atoms with van der Waals surface area (Å²) in [7, 11) is 0. The minimum Gasteiger partial charge on any atom is -0.493 e. The Balaban J connectivity index is 2.00. The molecule has 0 unspecified atom stereocenters. The van der Waals surface area contributed by atoms with E-state index in [0.29, 0.717) is 47.0 Å². The predicted octanol–water partition coefficient (Wildman–Crippen LogP) is 4.82. The lowest BCUT2D eigenvalue weighted by atomic mass is 9.83. The van der Waals surface area contributed by atoms with E-state index in [0.717, 1.165) is 25.7 Å². The van der Waals surface area contributed by atoms with E-state index in [1.165, 1.54) is 0 Å². The average molecular weight is 352 g/mol. The third kappa shape index (κ3) is 3.36. The van der Waals surface area contributed by atoms with Gasteiger partial charge in [0.25, 0.3) is 0 Å². The van der Waals surface area contributed by atoms with Crippen molar-refractivity contribution in [1.29, 1.82) is 0 Å². The Hall–Kier alpha value is -2.62. The first-order chi connectivity index (χ1) is 12.7. The molecule has 0 atom stereocenters. The smallest absolute Gasteiger partial charge is 0.198 e. The standard InChI is InChI=1S/C22H24O4/c1-3-5-13-25-17-11-7-9-15-19(17)21(23)16-10-8-12-18(20(16)22(15)24)26-14-6-4-2/h7-12H,3-6,13-14H2,1-2H3. The molecule has 2 aromatic rings. The van der Waals surface area contributed by atoms with E-state index < -0.39 is 0 Å². The number of ketones is 2. The van der Waals surface area contributed by atoms with Crippen LogP contribution in [0, 0.1) is 0 Å². The second-order valence-corrected chi connectivity index (χ2v) is 6.42. The van der Waals surface area contributed by atoms with Crippen molar-refractivity contribution in [3.8, 4) is 11.5 Å². The van der Waals surface area contributed by atoms with Crippen molar-refractivity contribution in [2.75, 3.05) is 13.2 Å². The molecule has 0 amide bonds. The number of rotatable bonds is 8. The van der Waals surface area contributed by atoms with Gasteiger partial charge < -0.3 is 9.47 Å². The number of carbonyl (C=O) groups is 2. The van der Waals surface area contributed by atoms with Crippen molar-refractivity contribution in [2.24, 2.45) is 0 Å². The number of hydrogen-bond acceptors (Lipinski definition) is 4. The van der Waals surface area contributed by atoms with Crippen LogP contribution in [0.2, 0.25) is 0 Å². The van der Waals surface area contributed by atoms with E-state index in [4.69, 9.17) is 9.47 Å². The Kier molecular flexibility index (Phi) is 5.71. The van der Waals surface area contributed by atoms with Crippen LogP contribution in [0.1, 0.15) is 71.4 Å². The zero-order chi connectivity index (χ0) is 18.5. The first kappa shape index (κ1) is 18.2. The molecule has 0 N–H and O–H groups in total. The molecule has 0 heterocycles. The number of benzene rings is 2. The quantitative estimate of drug-likeness (QED) is 0.545. The summed E-state index contributed by atoms with van der Waals surface area (Å²) in [6.45, 7) is 5.21. The molecule has 1 aliphatic carbocycles. The molecule has 26 heavy (non-hydrogen) atoms. The lowest BCUT2D eigenvalue weighted by Gasteiger charge is -2.22. The Morgan fingerprint density at radius 1 is 0.692 bits per heavy atom. The molecule has 2 aromatic carbocycles. The third-order valence-corrected chi connectivity index (χ3v) is 4.51. The molecule has 4 heteroatoms. The molecule has 4 nitrogen and oxygen atoms in total. The Morgan fingerprint density at radius 2 is 1.12 bits per heavy atom. The summed E-state index contributed by atoms with van der Waals surface area (Å²) >= 11 is 0. The third-order valence-electron chi connectivity index (χ3n) is 4.51. The highest BCUT2D eigenvalue weighted by atomic mass is 16.5. The highest BCUT2D eigenvalue weighted by Crippen LogP contribution is 2.37. The lowest BCUT2D eigenvalue weighted by molar-refractivity contribution is 0.0972. The Morgan fingerprint density at radius 3 is 1.50 bits per heavy atom. The molecule has 0 fully saturated rings. The molecule has 136 valence electrons. The normalized spacial score (nSPS) is 12.5. The first-order valence-corrected chi connectivity index (χ1v) is 9.30. The second kappa shape index (κ2) is 8.17. The van der Waals surface area contributed by atoms with Crippen LogP contribution in [-0.4, -0.2) is 24.8 Å².